The number of carbonyl (C=O) groups is 3. The van der Waals surface area contributed by atoms with Crippen LogP contribution in [0.15, 0.2) is 40.9 Å². The van der Waals surface area contributed by atoms with Crippen molar-refractivity contribution in [2.24, 2.45) is 17.6 Å². The highest BCUT2D eigenvalue weighted by Crippen LogP contribution is 2.51. The van der Waals surface area contributed by atoms with E-state index in [4.69, 9.17) is 15.6 Å². The lowest BCUT2D eigenvalue weighted by Gasteiger charge is -2.45. The van der Waals surface area contributed by atoms with Crippen LogP contribution in [0.1, 0.15) is 35.2 Å². The van der Waals surface area contributed by atoms with Gasteiger partial charge in [-0.1, -0.05) is 12.1 Å². The van der Waals surface area contributed by atoms with Crippen LogP contribution in [0.25, 0.3) is 0 Å². The van der Waals surface area contributed by atoms with Crippen LogP contribution in [0.5, 0.6) is 5.75 Å². The third kappa shape index (κ3) is 3.03. The van der Waals surface area contributed by atoms with Gasteiger partial charge in [-0.3, -0.25) is 14.4 Å². The van der Waals surface area contributed by atoms with Gasteiger partial charge in [0.25, 0.3) is 5.91 Å². The second kappa shape index (κ2) is 7.51. The molecule has 0 bridgehead atoms. The van der Waals surface area contributed by atoms with Gasteiger partial charge in [0.15, 0.2) is 11.4 Å². The molecule has 3 aliphatic carbocycles. The number of ether oxygens (including phenoxy) is 1. The Bertz CT molecular complexity index is 1060. The molecule has 0 saturated heterocycles. The molecule has 1 amide bonds. The number of hydrogen-bond acceptors (Lipinski definition) is 8. The van der Waals surface area contributed by atoms with E-state index in [1.807, 2.05) is 0 Å². The smallest absolute Gasteiger partial charge is 0.255 e. The number of fused-ring (bicyclic) bond motifs is 3. The minimum absolute atomic E-state index is 0.0733. The van der Waals surface area contributed by atoms with Crippen LogP contribution in [0.3, 0.4) is 0 Å². The summed E-state index contributed by atoms with van der Waals surface area (Å²) < 4.78 is 5.63. The third-order valence-corrected chi connectivity index (χ3v) is 6.34. The Morgan fingerprint density at radius 2 is 1.97 bits per heavy atom. The number of aliphatic hydroxyl groups excluding tert-OH is 3. The predicted molar refractivity (Wildman–Crippen MR) is 106 cm³/mol. The standard InChI is InChI=1S/C22H23NO8/c23-21(29)17-13(25)9-12-8-11-7-10-3-1-4-14(31-6-2-5-24)15(10)18(26)16(11)19(27)22(12,30)20(17)28/h1,3-4,11-12,24-25,27,30H,2,5-9H2,(H2,23,29)/t11-,12-,22-/m0/s1. The van der Waals surface area contributed by atoms with E-state index in [1.165, 1.54) is 0 Å². The van der Waals surface area contributed by atoms with Gasteiger partial charge < -0.3 is 30.9 Å². The SMILES string of the molecule is NC(=O)C1=C(O)C[C@@H]2C[C@@H]3Cc4cccc(OCCCO)c4C(=O)C3=C(O)[C@]2(O)C1=O. The van der Waals surface area contributed by atoms with Crippen molar-refractivity contribution in [1.29, 1.82) is 0 Å². The average Bonchev–Trinajstić information content (AvgIpc) is 2.70. The highest BCUT2D eigenvalue weighted by Gasteiger charge is 2.59. The average molecular weight is 429 g/mol. The summed E-state index contributed by atoms with van der Waals surface area (Å²) in [6.45, 7) is 0.112. The van der Waals surface area contributed by atoms with Crippen molar-refractivity contribution in [2.75, 3.05) is 13.2 Å². The number of nitrogens with two attached hydrogens (primary N) is 1. The summed E-state index contributed by atoms with van der Waals surface area (Å²) in [6, 6.07) is 5.12. The topological polar surface area (TPSA) is 167 Å². The summed E-state index contributed by atoms with van der Waals surface area (Å²) in [5.41, 5.74) is 2.76. The second-order valence-corrected chi connectivity index (χ2v) is 8.13. The molecule has 164 valence electrons. The number of benzene rings is 1. The van der Waals surface area contributed by atoms with Gasteiger partial charge in [0.1, 0.15) is 22.8 Å². The van der Waals surface area contributed by atoms with Crippen molar-refractivity contribution in [2.45, 2.75) is 31.3 Å². The lowest BCUT2D eigenvalue weighted by Crippen LogP contribution is -2.57. The molecular weight excluding hydrogens is 406 g/mol. The van der Waals surface area contributed by atoms with Crippen molar-refractivity contribution in [1.82, 2.24) is 0 Å². The molecule has 4 rings (SSSR count). The van der Waals surface area contributed by atoms with E-state index in [0.29, 0.717) is 18.4 Å². The molecule has 0 spiro atoms. The van der Waals surface area contributed by atoms with Crippen LogP contribution < -0.4 is 10.5 Å². The van der Waals surface area contributed by atoms with Crippen LogP contribution in [-0.4, -0.2) is 56.7 Å². The fourth-order valence-corrected chi connectivity index (χ4v) is 4.91. The number of amides is 1. The Morgan fingerprint density at radius 3 is 2.65 bits per heavy atom. The van der Waals surface area contributed by atoms with Crippen LogP contribution in [-0.2, 0) is 16.0 Å². The first-order valence-electron chi connectivity index (χ1n) is 10.0. The Hall–Kier alpha value is -3.17. The molecule has 6 N–H and O–H groups in total. The number of hydrogen-bond donors (Lipinski definition) is 5. The number of Topliss-reactive ketones (excluding diaryl/α,β-unsaturated/α-hetero) is 2. The molecule has 1 aromatic rings. The maximum Gasteiger partial charge on any atom is 0.255 e. The summed E-state index contributed by atoms with van der Waals surface area (Å²) in [5.74, 6) is -5.41. The molecule has 31 heavy (non-hydrogen) atoms. The van der Waals surface area contributed by atoms with E-state index in [2.05, 4.69) is 0 Å². The van der Waals surface area contributed by atoms with E-state index in [0.717, 1.165) is 0 Å². The molecule has 3 aliphatic rings. The maximum atomic E-state index is 13.4. The lowest BCUT2D eigenvalue weighted by atomic mass is 9.60. The van der Waals surface area contributed by atoms with Gasteiger partial charge in [0.05, 0.1) is 12.2 Å². The number of aliphatic hydroxyl groups is 4. The van der Waals surface area contributed by atoms with Crippen molar-refractivity contribution >= 4 is 17.5 Å². The molecule has 0 unspecified atom stereocenters. The van der Waals surface area contributed by atoms with Crippen LogP contribution in [0, 0.1) is 11.8 Å². The molecule has 3 atom stereocenters. The van der Waals surface area contributed by atoms with Crippen LogP contribution >= 0.6 is 0 Å². The summed E-state index contributed by atoms with van der Waals surface area (Å²) >= 11 is 0. The number of rotatable bonds is 5. The normalized spacial score (nSPS) is 27.5. The van der Waals surface area contributed by atoms with Gasteiger partial charge in [0.2, 0.25) is 5.78 Å². The second-order valence-electron chi connectivity index (χ2n) is 8.13. The molecule has 0 heterocycles. The van der Waals surface area contributed by atoms with Gasteiger partial charge >= 0.3 is 0 Å². The van der Waals surface area contributed by atoms with Crippen molar-refractivity contribution in [3.05, 3.63) is 52.0 Å². The first-order chi connectivity index (χ1) is 14.7. The Labute approximate surface area is 177 Å². The zero-order valence-corrected chi connectivity index (χ0v) is 16.6. The number of carbonyl (C=O) groups excluding carboxylic acids is 3. The van der Waals surface area contributed by atoms with Gasteiger partial charge in [-0.2, -0.15) is 0 Å². The number of allylic oxidation sites excluding steroid dienone is 2. The highest BCUT2D eigenvalue weighted by atomic mass is 16.5. The molecule has 0 saturated carbocycles. The highest BCUT2D eigenvalue weighted by molar-refractivity contribution is 6.24. The third-order valence-electron chi connectivity index (χ3n) is 6.34. The summed E-state index contributed by atoms with van der Waals surface area (Å²) in [5, 5.41) is 41.3. The number of ketones is 2. The maximum absolute atomic E-state index is 13.4. The Kier molecular flexibility index (Phi) is 5.10. The zero-order chi connectivity index (χ0) is 22.5. The largest absolute Gasteiger partial charge is 0.511 e. The van der Waals surface area contributed by atoms with Crippen LogP contribution in [0.2, 0.25) is 0 Å². The molecule has 0 radical (unpaired) electrons. The first kappa shape index (κ1) is 21.1. The Balaban J connectivity index is 1.81. The van der Waals surface area contributed by atoms with E-state index >= 15 is 0 Å². The molecular formula is C22H23NO8. The quantitative estimate of drug-likeness (QED) is 0.336. The predicted octanol–water partition coefficient (Wildman–Crippen LogP) is 0.636. The minimum atomic E-state index is -2.51. The fraction of sp³-hybridized carbons (Fsp3) is 0.409. The monoisotopic (exact) mass is 429 g/mol. The molecule has 0 fully saturated rings. The van der Waals surface area contributed by atoms with E-state index in [1.54, 1.807) is 18.2 Å². The van der Waals surface area contributed by atoms with Crippen LogP contribution in [0.4, 0.5) is 0 Å². The van der Waals surface area contributed by atoms with E-state index in [9.17, 15) is 29.7 Å². The summed E-state index contributed by atoms with van der Waals surface area (Å²) in [6.07, 6.45) is 0.667. The molecule has 0 aromatic heterocycles. The van der Waals surface area contributed by atoms with Gasteiger partial charge in [-0.25, -0.2) is 0 Å². The van der Waals surface area contributed by atoms with E-state index in [-0.39, 0.29) is 42.9 Å². The fourth-order valence-electron chi connectivity index (χ4n) is 4.91. The van der Waals surface area contributed by atoms with Gasteiger partial charge in [-0.15, -0.1) is 0 Å². The van der Waals surface area contributed by atoms with E-state index < -0.39 is 52.0 Å². The summed E-state index contributed by atoms with van der Waals surface area (Å²) in [4.78, 5) is 37.9. The minimum Gasteiger partial charge on any atom is -0.511 e. The Morgan fingerprint density at radius 1 is 1.23 bits per heavy atom. The number of primary amides is 1. The first-order valence-corrected chi connectivity index (χ1v) is 10.0. The molecule has 0 aliphatic heterocycles. The van der Waals surface area contributed by atoms with Crippen molar-refractivity contribution < 1.29 is 39.5 Å². The molecule has 9 nitrogen and oxygen atoms in total. The summed E-state index contributed by atoms with van der Waals surface area (Å²) in [7, 11) is 0. The molecule has 1 aromatic carbocycles. The van der Waals surface area contributed by atoms with Gasteiger partial charge in [0, 0.05) is 30.9 Å². The lowest BCUT2D eigenvalue weighted by molar-refractivity contribution is -0.144. The molecule has 9 heteroatoms. The van der Waals surface area contributed by atoms with Crippen molar-refractivity contribution in [3.8, 4) is 5.75 Å². The van der Waals surface area contributed by atoms with Gasteiger partial charge in [-0.05, 0) is 30.4 Å². The van der Waals surface area contributed by atoms with Crippen molar-refractivity contribution in [3.63, 3.8) is 0 Å². The zero-order valence-electron chi connectivity index (χ0n) is 16.6.